The predicted molar refractivity (Wildman–Crippen MR) is 89.0 cm³/mol. The minimum atomic E-state index is 0.204. The van der Waals surface area contributed by atoms with Crippen LogP contribution in [0.25, 0.3) is 0 Å². The molecule has 1 aromatic carbocycles. The summed E-state index contributed by atoms with van der Waals surface area (Å²) in [6, 6.07) is 8.58. The molecular weight excluding hydrogens is 280 g/mol. The molecule has 0 fully saturated rings. The maximum atomic E-state index is 5.73. The van der Waals surface area contributed by atoms with Gasteiger partial charge >= 0.3 is 0 Å². The maximum absolute atomic E-state index is 5.73. The SMILES string of the molecule is Cc1nc(C)c(C(C)NCc2cccc(OC(C)C)c2)s1. The number of hydrogen-bond donors (Lipinski definition) is 1. The van der Waals surface area contributed by atoms with Crippen LogP contribution in [-0.4, -0.2) is 11.1 Å². The number of aryl methyl sites for hydroxylation is 2. The lowest BCUT2D eigenvalue weighted by Gasteiger charge is -2.14. The largest absolute Gasteiger partial charge is 0.491 e. The quantitative estimate of drug-likeness (QED) is 0.859. The van der Waals surface area contributed by atoms with E-state index in [2.05, 4.69) is 43.2 Å². The molecule has 0 aliphatic heterocycles. The summed E-state index contributed by atoms with van der Waals surface area (Å²) in [5, 5.41) is 4.69. The molecule has 1 aromatic heterocycles. The predicted octanol–water partition coefficient (Wildman–Crippen LogP) is 4.40. The van der Waals surface area contributed by atoms with E-state index >= 15 is 0 Å². The molecule has 1 heterocycles. The van der Waals surface area contributed by atoms with E-state index in [9.17, 15) is 0 Å². The van der Waals surface area contributed by atoms with E-state index in [0.29, 0.717) is 6.04 Å². The second-order valence-electron chi connectivity index (χ2n) is 5.60. The van der Waals surface area contributed by atoms with Crippen molar-refractivity contribution in [3.05, 3.63) is 45.4 Å². The number of nitrogens with zero attached hydrogens (tertiary/aromatic N) is 1. The van der Waals surface area contributed by atoms with Gasteiger partial charge in [0.1, 0.15) is 5.75 Å². The van der Waals surface area contributed by atoms with Crippen molar-refractivity contribution in [1.82, 2.24) is 10.3 Å². The summed E-state index contributed by atoms with van der Waals surface area (Å²) in [6.07, 6.45) is 0.204. The van der Waals surface area contributed by atoms with Gasteiger partial charge in [-0.15, -0.1) is 11.3 Å². The Balaban J connectivity index is 1.98. The van der Waals surface area contributed by atoms with Crippen LogP contribution < -0.4 is 10.1 Å². The zero-order chi connectivity index (χ0) is 15.4. The molecule has 0 spiro atoms. The smallest absolute Gasteiger partial charge is 0.120 e. The summed E-state index contributed by atoms with van der Waals surface area (Å²) in [7, 11) is 0. The van der Waals surface area contributed by atoms with Crippen LogP contribution in [0.3, 0.4) is 0 Å². The lowest BCUT2D eigenvalue weighted by atomic mass is 10.2. The number of benzene rings is 1. The molecule has 0 saturated heterocycles. The molecule has 114 valence electrons. The highest BCUT2D eigenvalue weighted by Crippen LogP contribution is 2.25. The van der Waals surface area contributed by atoms with Gasteiger partial charge in [0.05, 0.1) is 16.8 Å². The zero-order valence-corrected chi connectivity index (χ0v) is 14.3. The lowest BCUT2D eigenvalue weighted by Crippen LogP contribution is -2.18. The Morgan fingerprint density at radius 3 is 2.62 bits per heavy atom. The molecule has 0 saturated carbocycles. The molecule has 1 N–H and O–H groups in total. The fraction of sp³-hybridized carbons (Fsp3) is 0.471. The summed E-state index contributed by atoms with van der Waals surface area (Å²) in [6.45, 7) is 11.2. The first-order chi connectivity index (χ1) is 9.95. The van der Waals surface area contributed by atoms with Crippen LogP contribution in [-0.2, 0) is 6.54 Å². The molecule has 0 bridgehead atoms. The molecule has 0 aliphatic carbocycles. The highest BCUT2D eigenvalue weighted by molar-refractivity contribution is 7.11. The van der Waals surface area contributed by atoms with E-state index in [1.165, 1.54) is 10.4 Å². The summed E-state index contributed by atoms with van der Waals surface area (Å²) >= 11 is 1.77. The monoisotopic (exact) mass is 304 g/mol. The normalized spacial score (nSPS) is 12.7. The minimum Gasteiger partial charge on any atom is -0.491 e. The Kier molecular flexibility index (Phi) is 5.37. The van der Waals surface area contributed by atoms with E-state index in [1.807, 2.05) is 26.0 Å². The van der Waals surface area contributed by atoms with Gasteiger partial charge in [-0.2, -0.15) is 0 Å². The third kappa shape index (κ3) is 4.55. The number of hydrogen-bond acceptors (Lipinski definition) is 4. The van der Waals surface area contributed by atoms with Crippen molar-refractivity contribution in [2.75, 3.05) is 0 Å². The van der Waals surface area contributed by atoms with Crippen LogP contribution in [0.5, 0.6) is 5.75 Å². The van der Waals surface area contributed by atoms with Crippen LogP contribution in [0, 0.1) is 13.8 Å². The van der Waals surface area contributed by atoms with Crippen molar-refractivity contribution < 1.29 is 4.74 Å². The molecule has 1 unspecified atom stereocenters. The lowest BCUT2D eigenvalue weighted by molar-refractivity contribution is 0.242. The summed E-state index contributed by atoms with van der Waals surface area (Å²) in [5.41, 5.74) is 2.37. The second-order valence-corrected chi connectivity index (χ2v) is 6.83. The van der Waals surface area contributed by atoms with Gasteiger partial charge < -0.3 is 10.1 Å². The zero-order valence-electron chi connectivity index (χ0n) is 13.4. The van der Waals surface area contributed by atoms with Gasteiger partial charge in [0.15, 0.2) is 0 Å². The Hall–Kier alpha value is -1.39. The molecular formula is C17H24N2OS. The van der Waals surface area contributed by atoms with E-state index in [-0.39, 0.29) is 6.10 Å². The van der Waals surface area contributed by atoms with Crippen LogP contribution in [0.1, 0.15) is 48.0 Å². The van der Waals surface area contributed by atoms with Gasteiger partial charge in [-0.1, -0.05) is 12.1 Å². The first-order valence-electron chi connectivity index (χ1n) is 7.38. The Labute approximate surface area is 131 Å². The Morgan fingerprint density at radius 2 is 2.00 bits per heavy atom. The molecule has 1 atom stereocenters. The molecule has 0 amide bonds. The highest BCUT2D eigenvalue weighted by Gasteiger charge is 2.12. The van der Waals surface area contributed by atoms with E-state index in [0.717, 1.165) is 23.0 Å². The Morgan fingerprint density at radius 1 is 1.24 bits per heavy atom. The topological polar surface area (TPSA) is 34.2 Å². The molecule has 21 heavy (non-hydrogen) atoms. The van der Waals surface area contributed by atoms with Crippen molar-refractivity contribution in [3.63, 3.8) is 0 Å². The van der Waals surface area contributed by atoms with E-state index in [1.54, 1.807) is 11.3 Å². The number of aromatic nitrogens is 1. The van der Waals surface area contributed by atoms with Gasteiger partial charge in [-0.05, 0) is 52.3 Å². The van der Waals surface area contributed by atoms with Crippen LogP contribution in [0.15, 0.2) is 24.3 Å². The van der Waals surface area contributed by atoms with Crippen LogP contribution >= 0.6 is 11.3 Å². The fourth-order valence-electron chi connectivity index (χ4n) is 2.31. The van der Waals surface area contributed by atoms with Gasteiger partial charge in [0, 0.05) is 17.5 Å². The van der Waals surface area contributed by atoms with Gasteiger partial charge in [-0.3, -0.25) is 0 Å². The van der Waals surface area contributed by atoms with Gasteiger partial charge in [-0.25, -0.2) is 4.98 Å². The fourth-order valence-corrected chi connectivity index (χ4v) is 3.27. The van der Waals surface area contributed by atoms with Crippen molar-refractivity contribution in [2.24, 2.45) is 0 Å². The van der Waals surface area contributed by atoms with Gasteiger partial charge in [0.25, 0.3) is 0 Å². The maximum Gasteiger partial charge on any atom is 0.120 e. The first kappa shape index (κ1) is 16.0. The summed E-state index contributed by atoms with van der Waals surface area (Å²) in [5.74, 6) is 0.932. The standard InChI is InChI=1S/C17H24N2OS/c1-11(2)20-16-8-6-7-15(9-16)10-18-12(3)17-13(4)19-14(5)21-17/h6-9,11-12,18H,10H2,1-5H3. The summed E-state index contributed by atoms with van der Waals surface area (Å²) in [4.78, 5) is 5.81. The molecule has 4 heteroatoms. The van der Waals surface area contributed by atoms with E-state index in [4.69, 9.17) is 4.74 Å². The van der Waals surface area contributed by atoms with Crippen molar-refractivity contribution in [3.8, 4) is 5.75 Å². The van der Waals surface area contributed by atoms with Crippen molar-refractivity contribution in [2.45, 2.75) is 53.3 Å². The van der Waals surface area contributed by atoms with Crippen molar-refractivity contribution >= 4 is 11.3 Å². The highest BCUT2D eigenvalue weighted by atomic mass is 32.1. The first-order valence-corrected chi connectivity index (χ1v) is 8.20. The molecule has 3 nitrogen and oxygen atoms in total. The average Bonchev–Trinajstić information content (AvgIpc) is 2.75. The second kappa shape index (κ2) is 7.05. The third-order valence-corrected chi connectivity index (χ3v) is 4.47. The number of ether oxygens (including phenoxy) is 1. The number of nitrogens with one attached hydrogen (secondary N) is 1. The Bertz CT molecular complexity index is 592. The average molecular weight is 304 g/mol. The van der Waals surface area contributed by atoms with Crippen molar-refractivity contribution in [1.29, 1.82) is 0 Å². The molecule has 0 aliphatic rings. The van der Waals surface area contributed by atoms with Crippen LogP contribution in [0.4, 0.5) is 0 Å². The molecule has 2 rings (SSSR count). The number of rotatable bonds is 6. The summed E-state index contributed by atoms with van der Waals surface area (Å²) < 4.78 is 5.73. The van der Waals surface area contributed by atoms with Gasteiger partial charge in [0.2, 0.25) is 0 Å². The number of thiazole rings is 1. The van der Waals surface area contributed by atoms with E-state index < -0.39 is 0 Å². The van der Waals surface area contributed by atoms with Crippen LogP contribution in [0.2, 0.25) is 0 Å². The molecule has 2 aromatic rings. The third-order valence-electron chi connectivity index (χ3n) is 3.22. The minimum absolute atomic E-state index is 0.204. The molecule has 0 radical (unpaired) electrons.